The van der Waals surface area contributed by atoms with E-state index in [1.165, 1.54) is 11.3 Å². The van der Waals surface area contributed by atoms with Gasteiger partial charge in [0, 0.05) is 35.2 Å². The number of halogens is 2. The first-order valence-electron chi connectivity index (χ1n) is 10.9. The summed E-state index contributed by atoms with van der Waals surface area (Å²) < 4.78 is 11.9. The fraction of sp³-hybridized carbons (Fsp3) is 0.417. The topological polar surface area (TPSA) is 54.9 Å². The number of likely N-dealkylation sites (N-methyl/N-ethyl adjacent to an activating group) is 1. The van der Waals surface area contributed by atoms with Gasteiger partial charge in [0.1, 0.15) is 21.7 Å². The molecule has 0 unspecified atom stereocenters. The van der Waals surface area contributed by atoms with E-state index in [1.54, 1.807) is 26.0 Å². The number of amides is 1. The second-order valence-electron chi connectivity index (χ2n) is 7.27. The number of anilines is 1. The summed E-state index contributed by atoms with van der Waals surface area (Å²) in [5.74, 6) is 2.13. The monoisotopic (exact) mass is 543 g/mol. The maximum Gasteiger partial charge on any atom is 0.229 e. The average molecular weight is 545 g/mol. The van der Waals surface area contributed by atoms with Crippen molar-refractivity contribution in [2.45, 2.75) is 25.2 Å². The van der Waals surface area contributed by atoms with Gasteiger partial charge < -0.3 is 14.4 Å². The van der Waals surface area contributed by atoms with Crippen molar-refractivity contribution in [2.75, 3.05) is 51.1 Å². The minimum absolute atomic E-state index is 0. The van der Waals surface area contributed by atoms with Gasteiger partial charge in [0.15, 0.2) is 5.13 Å². The predicted octanol–water partition coefficient (Wildman–Crippen LogP) is 6.25. The highest BCUT2D eigenvalue weighted by Gasteiger charge is 2.23. The van der Waals surface area contributed by atoms with Gasteiger partial charge in [0.2, 0.25) is 5.91 Å². The van der Waals surface area contributed by atoms with Crippen LogP contribution in [0.5, 0.6) is 11.5 Å². The molecule has 186 valence electrons. The lowest BCUT2D eigenvalue weighted by Gasteiger charge is -2.24. The summed E-state index contributed by atoms with van der Waals surface area (Å²) in [6.07, 6.45) is 0.412. The van der Waals surface area contributed by atoms with E-state index in [4.69, 9.17) is 26.1 Å². The zero-order chi connectivity index (χ0) is 23.8. The number of thiazole rings is 1. The second kappa shape index (κ2) is 14.0. The fourth-order valence-electron chi connectivity index (χ4n) is 3.42. The molecule has 6 nitrogen and oxygen atoms in total. The van der Waals surface area contributed by atoms with Gasteiger partial charge in [-0.2, -0.15) is 0 Å². The Morgan fingerprint density at radius 3 is 2.29 bits per heavy atom. The Labute approximate surface area is 221 Å². The van der Waals surface area contributed by atoms with E-state index in [0.717, 1.165) is 35.0 Å². The normalized spacial score (nSPS) is 10.9. The number of carbonyl (C=O) groups excluding carboxylic acids is 1. The van der Waals surface area contributed by atoms with Crippen molar-refractivity contribution >= 4 is 68.4 Å². The van der Waals surface area contributed by atoms with Crippen LogP contribution in [-0.4, -0.2) is 61.9 Å². The maximum absolute atomic E-state index is 13.3. The van der Waals surface area contributed by atoms with E-state index in [1.807, 2.05) is 41.3 Å². The predicted molar refractivity (Wildman–Crippen MR) is 147 cm³/mol. The van der Waals surface area contributed by atoms with E-state index in [0.29, 0.717) is 40.1 Å². The zero-order valence-electron chi connectivity index (χ0n) is 19.9. The number of hydrogen-bond acceptors (Lipinski definition) is 7. The van der Waals surface area contributed by atoms with E-state index < -0.39 is 0 Å². The number of fused-ring (bicyclic) bond motifs is 1. The highest BCUT2D eigenvalue weighted by Crippen LogP contribution is 2.40. The molecular weight excluding hydrogens is 513 g/mol. The van der Waals surface area contributed by atoms with Gasteiger partial charge in [0.25, 0.3) is 0 Å². The summed E-state index contributed by atoms with van der Waals surface area (Å²) in [5, 5.41) is 1.38. The molecule has 10 heteroatoms. The van der Waals surface area contributed by atoms with Crippen LogP contribution in [0.4, 0.5) is 5.13 Å². The Bertz CT molecular complexity index is 1020. The number of rotatable bonds is 12. The summed E-state index contributed by atoms with van der Waals surface area (Å²) in [6, 6.07) is 11.4. The zero-order valence-corrected chi connectivity index (χ0v) is 23.1. The van der Waals surface area contributed by atoms with Crippen LogP contribution in [0.1, 0.15) is 20.3 Å². The molecule has 0 fully saturated rings. The van der Waals surface area contributed by atoms with Crippen molar-refractivity contribution in [1.82, 2.24) is 9.88 Å². The van der Waals surface area contributed by atoms with Gasteiger partial charge in [0.05, 0.1) is 14.2 Å². The Hall–Kier alpha value is -1.71. The summed E-state index contributed by atoms with van der Waals surface area (Å²) in [5.41, 5.74) is 0.716. The number of ether oxygens (including phenoxy) is 2. The SMILES string of the molecule is CCN(CC)CCN(C(=O)CCSc1ccc(Cl)cc1)c1nc2c(OC)ccc(OC)c2s1.Cl. The fourth-order valence-corrected chi connectivity index (χ4v) is 5.50. The van der Waals surface area contributed by atoms with Crippen LogP contribution in [-0.2, 0) is 4.79 Å². The standard InChI is InChI=1S/C24H30ClN3O3S2.ClH/c1-5-27(6-2)14-15-28(21(29)13-16-32-18-9-7-17(25)8-10-18)24-26-22-19(30-3)11-12-20(31-4)23(22)33-24;/h7-12H,5-6,13-16H2,1-4H3;1H. The van der Waals surface area contributed by atoms with Gasteiger partial charge >= 0.3 is 0 Å². The van der Waals surface area contributed by atoms with Crippen molar-refractivity contribution in [3.63, 3.8) is 0 Å². The number of methoxy groups -OCH3 is 2. The number of hydrogen-bond donors (Lipinski definition) is 0. The minimum atomic E-state index is 0. The molecule has 0 aliphatic carbocycles. The van der Waals surface area contributed by atoms with Crippen molar-refractivity contribution in [1.29, 1.82) is 0 Å². The first-order chi connectivity index (χ1) is 16.0. The third-order valence-electron chi connectivity index (χ3n) is 5.36. The largest absolute Gasteiger partial charge is 0.495 e. The molecule has 1 amide bonds. The molecule has 0 radical (unpaired) electrons. The molecule has 0 aliphatic heterocycles. The molecule has 0 saturated carbocycles. The molecule has 34 heavy (non-hydrogen) atoms. The van der Waals surface area contributed by atoms with Gasteiger partial charge in [-0.05, 0) is 49.5 Å². The summed E-state index contributed by atoms with van der Waals surface area (Å²) in [6.45, 7) is 7.50. The first-order valence-corrected chi connectivity index (χ1v) is 13.1. The van der Waals surface area contributed by atoms with Gasteiger partial charge in [-0.25, -0.2) is 4.98 Å². The van der Waals surface area contributed by atoms with Crippen LogP contribution in [0.3, 0.4) is 0 Å². The summed E-state index contributed by atoms with van der Waals surface area (Å²) >= 11 is 9.08. The van der Waals surface area contributed by atoms with Crippen molar-refractivity contribution in [3.8, 4) is 11.5 Å². The molecule has 3 rings (SSSR count). The number of aromatic nitrogens is 1. The smallest absolute Gasteiger partial charge is 0.229 e. The van der Waals surface area contributed by atoms with Crippen LogP contribution in [0, 0.1) is 0 Å². The Balaban J connectivity index is 0.00000408. The molecule has 0 bridgehead atoms. The van der Waals surface area contributed by atoms with Gasteiger partial charge in [-0.1, -0.05) is 36.8 Å². The third kappa shape index (κ3) is 7.15. The van der Waals surface area contributed by atoms with E-state index in [9.17, 15) is 4.79 Å². The number of nitrogens with zero attached hydrogens (tertiary/aromatic N) is 3. The van der Waals surface area contributed by atoms with Gasteiger partial charge in [-0.15, -0.1) is 24.2 Å². The van der Waals surface area contributed by atoms with Crippen LogP contribution in [0.15, 0.2) is 41.3 Å². The van der Waals surface area contributed by atoms with E-state index >= 15 is 0 Å². The third-order valence-corrected chi connectivity index (χ3v) is 7.72. The van der Waals surface area contributed by atoms with Crippen molar-refractivity contribution in [2.24, 2.45) is 0 Å². The molecule has 1 aromatic heterocycles. The maximum atomic E-state index is 13.3. The first kappa shape index (κ1) is 28.5. The summed E-state index contributed by atoms with van der Waals surface area (Å²) in [4.78, 5) is 23.3. The van der Waals surface area contributed by atoms with Crippen LogP contribution >= 0.6 is 47.1 Å². The lowest BCUT2D eigenvalue weighted by molar-refractivity contribution is -0.118. The second-order valence-corrected chi connectivity index (χ2v) is 9.85. The van der Waals surface area contributed by atoms with Crippen molar-refractivity contribution in [3.05, 3.63) is 41.4 Å². The molecule has 0 aliphatic rings. The molecule has 1 heterocycles. The molecule has 3 aromatic rings. The molecule has 0 atom stereocenters. The molecule has 2 aromatic carbocycles. The highest BCUT2D eigenvalue weighted by atomic mass is 35.5. The molecule has 0 spiro atoms. The quantitative estimate of drug-likeness (QED) is 0.252. The number of carbonyl (C=O) groups is 1. The van der Waals surface area contributed by atoms with Crippen LogP contribution in [0.2, 0.25) is 5.02 Å². The lowest BCUT2D eigenvalue weighted by Crippen LogP contribution is -2.39. The van der Waals surface area contributed by atoms with Gasteiger partial charge in [-0.3, -0.25) is 9.69 Å². The Morgan fingerprint density at radius 1 is 1.03 bits per heavy atom. The lowest BCUT2D eigenvalue weighted by atomic mass is 10.3. The Kier molecular flexibility index (Phi) is 11.7. The highest BCUT2D eigenvalue weighted by molar-refractivity contribution is 7.99. The van der Waals surface area contributed by atoms with E-state index in [2.05, 4.69) is 18.7 Å². The van der Waals surface area contributed by atoms with E-state index in [-0.39, 0.29) is 18.3 Å². The molecular formula is C24H31Cl2N3O3S2. The molecule has 0 saturated heterocycles. The van der Waals surface area contributed by atoms with Crippen LogP contribution in [0.25, 0.3) is 10.2 Å². The number of thioether (sulfide) groups is 1. The van der Waals surface area contributed by atoms with Crippen LogP contribution < -0.4 is 14.4 Å². The minimum Gasteiger partial charge on any atom is -0.495 e. The number of benzene rings is 2. The molecule has 0 N–H and O–H groups in total. The Morgan fingerprint density at radius 2 is 1.68 bits per heavy atom. The summed E-state index contributed by atoms with van der Waals surface area (Å²) in [7, 11) is 3.26. The van der Waals surface area contributed by atoms with Crippen molar-refractivity contribution < 1.29 is 14.3 Å². The average Bonchev–Trinajstić information content (AvgIpc) is 3.27.